The minimum absolute atomic E-state index is 0.170. The van der Waals surface area contributed by atoms with Gasteiger partial charge in [0.2, 0.25) is 5.91 Å². The number of unbranched alkanes of at least 4 members (excludes halogenated alkanes) is 2. The first-order valence-corrected chi connectivity index (χ1v) is 8.40. The van der Waals surface area contributed by atoms with Crippen LogP contribution in [0.15, 0.2) is 18.2 Å². The van der Waals surface area contributed by atoms with E-state index in [-0.39, 0.29) is 5.91 Å². The average Bonchev–Trinajstić information content (AvgIpc) is 3.40. The van der Waals surface area contributed by atoms with E-state index in [0.29, 0.717) is 18.6 Å². The number of epoxide rings is 2. The smallest absolute Gasteiger partial charge is 0.219 e. The molecule has 2 aliphatic heterocycles. The Balaban J connectivity index is 1.46. The van der Waals surface area contributed by atoms with Crippen molar-refractivity contribution in [3.63, 3.8) is 0 Å². The van der Waals surface area contributed by atoms with Crippen molar-refractivity contribution in [3.8, 4) is 0 Å². The highest BCUT2D eigenvalue weighted by atomic mass is 16.6. The lowest BCUT2D eigenvalue weighted by Crippen LogP contribution is -2.21. The van der Waals surface area contributed by atoms with Crippen LogP contribution in [0, 0.1) is 0 Å². The molecular formula is C18H25NO3. The van der Waals surface area contributed by atoms with Gasteiger partial charge in [-0.1, -0.05) is 24.6 Å². The molecule has 0 bridgehead atoms. The van der Waals surface area contributed by atoms with Crippen molar-refractivity contribution in [2.24, 2.45) is 0 Å². The Labute approximate surface area is 132 Å². The van der Waals surface area contributed by atoms with Crippen LogP contribution >= 0.6 is 0 Å². The van der Waals surface area contributed by atoms with E-state index in [1.807, 2.05) is 6.92 Å². The second-order valence-electron chi connectivity index (χ2n) is 6.17. The summed E-state index contributed by atoms with van der Waals surface area (Å²) in [5.74, 6) is 0.170. The SMILES string of the molecule is CCNC(=O)CCCCCc1cc(C2CO2)cc(C2CO2)c1. The number of nitrogens with one attached hydrogen (secondary N) is 1. The van der Waals surface area contributed by atoms with Crippen molar-refractivity contribution in [2.45, 2.75) is 51.2 Å². The van der Waals surface area contributed by atoms with E-state index in [2.05, 4.69) is 23.5 Å². The van der Waals surface area contributed by atoms with Gasteiger partial charge in [0, 0.05) is 13.0 Å². The highest BCUT2D eigenvalue weighted by Crippen LogP contribution is 2.36. The zero-order valence-corrected chi connectivity index (χ0v) is 13.3. The topological polar surface area (TPSA) is 54.2 Å². The van der Waals surface area contributed by atoms with E-state index < -0.39 is 0 Å². The molecule has 3 rings (SSSR count). The van der Waals surface area contributed by atoms with Crippen LogP contribution in [0.4, 0.5) is 0 Å². The Kier molecular flexibility index (Phi) is 5.11. The molecule has 2 heterocycles. The third-order valence-corrected chi connectivity index (χ3v) is 4.19. The molecule has 2 saturated heterocycles. The van der Waals surface area contributed by atoms with E-state index in [9.17, 15) is 4.79 Å². The Morgan fingerprint density at radius 2 is 1.73 bits per heavy atom. The Morgan fingerprint density at radius 3 is 2.27 bits per heavy atom. The molecule has 2 unspecified atom stereocenters. The quantitative estimate of drug-likeness (QED) is 0.563. The van der Waals surface area contributed by atoms with E-state index in [1.165, 1.54) is 16.7 Å². The summed E-state index contributed by atoms with van der Waals surface area (Å²) in [5, 5.41) is 2.84. The van der Waals surface area contributed by atoms with Crippen LogP contribution in [-0.2, 0) is 20.7 Å². The van der Waals surface area contributed by atoms with Crippen molar-refractivity contribution in [1.29, 1.82) is 0 Å². The Morgan fingerprint density at radius 1 is 1.09 bits per heavy atom. The lowest BCUT2D eigenvalue weighted by molar-refractivity contribution is -0.121. The normalized spacial score (nSPS) is 22.4. The maximum atomic E-state index is 11.4. The predicted molar refractivity (Wildman–Crippen MR) is 84.7 cm³/mol. The molecule has 120 valence electrons. The van der Waals surface area contributed by atoms with Gasteiger partial charge in [0.15, 0.2) is 0 Å². The van der Waals surface area contributed by atoms with Crippen LogP contribution in [0.1, 0.15) is 61.5 Å². The van der Waals surface area contributed by atoms with Crippen LogP contribution in [0.5, 0.6) is 0 Å². The molecule has 0 radical (unpaired) electrons. The number of hydrogen-bond acceptors (Lipinski definition) is 3. The second-order valence-corrected chi connectivity index (χ2v) is 6.17. The standard InChI is InChI=1S/C18H25NO3/c1-2-19-18(20)7-5-3-4-6-13-8-14(16-11-21-16)10-15(9-13)17-12-22-17/h8-10,16-17H,2-7,11-12H2,1H3,(H,19,20). The molecular weight excluding hydrogens is 278 g/mol. The molecule has 1 aromatic carbocycles. The summed E-state index contributed by atoms with van der Waals surface area (Å²) in [5.41, 5.74) is 3.96. The molecule has 0 spiro atoms. The minimum Gasteiger partial charge on any atom is -0.368 e. The zero-order chi connectivity index (χ0) is 15.4. The van der Waals surface area contributed by atoms with Gasteiger partial charge < -0.3 is 14.8 Å². The van der Waals surface area contributed by atoms with Gasteiger partial charge in [-0.15, -0.1) is 0 Å². The molecule has 4 heteroatoms. The molecule has 2 aliphatic rings. The summed E-state index contributed by atoms with van der Waals surface area (Å²) in [6.45, 7) is 4.37. The summed E-state index contributed by atoms with van der Waals surface area (Å²) in [6, 6.07) is 6.77. The summed E-state index contributed by atoms with van der Waals surface area (Å²) in [7, 11) is 0. The maximum Gasteiger partial charge on any atom is 0.219 e. The van der Waals surface area contributed by atoms with Crippen molar-refractivity contribution in [1.82, 2.24) is 5.32 Å². The molecule has 0 aliphatic carbocycles. The van der Waals surface area contributed by atoms with Crippen molar-refractivity contribution in [3.05, 3.63) is 34.9 Å². The second kappa shape index (κ2) is 7.25. The lowest BCUT2D eigenvalue weighted by atomic mass is 9.98. The molecule has 1 N–H and O–H groups in total. The van der Waals surface area contributed by atoms with Gasteiger partial charge >= 0.3 is 0 Å². The zero-order valence-electron chi connectivity index (χ0n) is 13.3. The highest BCUT2D eigenvalue weighted by Gasteiger charge is 2.29. The Bertz CT molecular complexity index is 491. The fourth-order valence-electron chi connectivity index (χ4n) is 2.82. The number of carbonyl (C=O) groups excluding carboxylic acids is 1. The summed E-state index contributed by atoms with van der Waals surface area (Å²) >= 11 is 0. The molecule has 4 nitrogen and oxygen atoms in total. The maximum absolute atomic E-state index is 11.4. The fourth-order valence-corrected chi connectivity index (χ4v) is 2.82. The lowest BCUT2D eigenvalue weighted by Gasteiger charge is -2.08. The first-order valence-electron chi connectivity index (χ1n) is 8.40. The summed E-state index contributed by atoms with van der Waals surface area (Å²) in [6.07, 6.45) is 5.50. The van der Waals surface area contributed by atoms with Crippen molar-refractivity contribution in [2.75, 3.05) is 19.8 Å². The molecule has 0 aromatic heterocycles. The van der Waals surface area contributed by atoms with Gasteiger partial charge in [-0.3, -0.25) is 4.79 Å². The largest absolute Gasteiger partial charge is 0.368 e. The van der Waals surface area contributed by atoms with Crippen molar-refractivity contribution >= 4 is 5.91 Å². The average molecular weight is 303 g/mol. The van der Waals surface area contributed by atoms with Gasteiger partial charge in [-0.05, 0) is 42.9 Å². The number of hydrogen-bond donors (Lipinski definition) is 1. The molecule has 0 saturated carbocycles. The summed E-state index contributed by atoms with van der Waals surface area (Å²) in [4.78, 5) is 11.4. The molecule has 1 aromatic rings. The highest BCUT2D eigenvalue weighted by molar-refractivity contribution is 5.75. The first-order chi connectivity index (χ1) is 10.8. The third kappa shape index (κ3) is 4.55. The fraction of sp³-hybridized carbons (Fsp3) is 0.611. The van der Waals surface area contributed by atoms with Gasteiger partial charge in [0.1, 0.15) is 12.2 Å². The van der Waals surface area contributed by atoms with Crippen LogP contribution in [0.3, 0.4) is 0 Å². The van der Waals surface area contributed by atoms with Crippen molar-refractivity contribution < 1.29 is 14.3 Å². The number of aryl methyl sites for hydroxylation is 1. The predicted octanol–water partition coefficient (Wildman–Crippen LogP) is 3.07. The number of ether oxygens (including phenoxy) is 2. The van der Waals surface area contributed by atoms with Gasteiger partial charge in [0.25, 0.3) is 0 Å². The van der Waals surface area contributed by atoms with Gasteiger partial charge in [0.05, 0.1) is 13.2 Å². The third-order valence-electron chi connectivity index (χ3n) is 4.19. The minimum atomic E-state index is 0.170. The Hall–Kier alpha value is -1.39. The van der Waals surface area contributed by atoms with Crippen LogP contribution in [0.2, 0.25) is 0 Å². The van der Waals surface area contributed by atoms with E-state index >= 15 is 0 Å². The van der Waals surface area contributed by atoms with E-state index in [0.717, 1.165) is 45.4 Å². The van der Waals surface area contributed by atoms with Crippen LogP contribution in [0.25, 0.3) is 0 Å². The first kappa shape index (κ1) is 15.5. The van der Waals surface area contributed by atoms with Gasteiger partial charge in [-0.2, -0.15) is 0 Å². The number of benzene rings is 1. The molecule has 2 atom stereocenters. The van der Waals surface area contributed by atoms with E-state index in [4.69, 9.17) is 9.47 Å². The van der Waals surface area contributed by atoms with Crippen LogP contribution in [-0.4, -0.2) is 25.7 Å². The summed E-state index contributed by atoms with van der Waals surface area (Å²) < 4.78 is 10.8. The van der Waals surface area contributed by atoms with Gasteiger partial charge in [-0.25, -0.2) is 0 Å². The molecule has 2 fully saturated rings. The number of carbonyl (C=O) groups is 1. The van der Waals surface area contributed by atoms with Crippen LogP contribution < -0.4 is 5.32 Å². The molecule has 22 heavy (non-hydrogen) atoms. The van der Waals surface area contributed by atoms with E-state index in [1.54, 1.807) is 0 Å². The number of rotatable bonds is 9. The monoisotopic (exact) mass is 303 g/mol. The number of amides is 1. The molecule has 1 amide bonds.